The highest BCUT2D eigenvalue weighted by Gasteiger charge is 2.17. The van der Waals surface area contributed by atoms with Crippen LogP contribution in [-0.2, 0) is 11.2 Å². The monoisotopic (exact) mass is 332 g/mol. The van der Waals surface area contributed by atoms with Gasteiger partial charge in [-0.3, -0.25) is 4.79 Å². The number of aromatic hydroxyl groups is 1. The number of amides is 1. The molecular formula is C18H24N2O4. The Bertz CT molecular complexity index is 809. The Morgan fingerprint density at radius 1 is 1.29 bits per heavy atom. The van der Waals surface area contributed by atoms with Crippen LogP contribution < -0.4 is 10.9 Å². The van der Waals surface area contributed by atoms with Crippen molar-refractivity contribution in [3.8, 4) is 5.75 Å². The van der Waals surface area contributed by atoms with Gasteiger partial charge < -0.3 is 19.7 Å². The molecule has 0 bridgehead atoms. The molecule has 0 radical (unpaired) electrons. The molecule has 0 aliphatic heterocycles. The fourth-order valence-electron chi connectivity index (χ4n) is 2.71. The molecule has 1 heterocycles. The molecule has 0 unspecified atom stereocenters. The van der Waals surface area contributed by atoms with E-state index in [1.165, 1.54) is 0 Å². The zero-order valence-corrected chi connectivity index (χ0v) is 14.6. The number of rotatable bonds is 6. The molecule has 6 heteroatoms. The van der Waals surface area contributed by atoms with Crippen molar-refractivity contribution in [1.29, 1.82) is 0 Å². The third kappa shape index (κ3) is 4.14. The first-order chi connectivity index (χ1) is 11.3. The van der Waals surface area contributed by atoms with Crippen LogP contribution in [0.2, 0.25) is 0 Å². The molecule has 0 spiro atoms. The van der Waals surface area contributed by atoms with E-state index in [-0.39, 0.29) is 23.6 Å². The van der Waals surface area contributed by atoms with Gasteiger partial charge in [-0.15, -0.1) is 0 Å². The summed E-state index contributed by atoms with van der Waals surface area (Å²) in [6.45, 7) is 4.97. The van der Waals surface area contributed by atoms with Crippen LogP contribution in [0.4, 0.5) is 0 Å². The normalized spacial score (nSPS) is 11.2. The van der Waals surface area contributed by atoms with Gasteiger partial charge in [0.25, 0.3) is 0 Å². The summed E-state index contributed by atoms with van der Waals surface area (Å²) < 4.78 is 5.29. The lowest BCUT2D eigenvalue weighted by Crippen LogP contribution is -2.30. The van der Waals surface area contributed by atoms with Crippen molar-refractivity contribution in [2.24, 2.45) is 0 Å². The number of carbonyl (C=O) groups is 1. The van der Waals surface area contributed by atoms with E-state index in [4.69, 9.17) is 4.42 Å². The van der Waals surface area contributed by atoms with Gasteiger partial charge in [0, 0.05) is 6.54 Å². The second-order valence-electron chi connectivity index (χ2n) is 6.33. The number of phenols is 1. The molecular weight excluding hydrogens is 308 g/mol. The van der Waals surface area contributed by atoms with E-state index in [9.17, 15) is 14.7 Å². The quantitative estimate of drug-likeness (QED) is 0.622. The van der Waals surface area contributed by atoms with Gasteiger partial charge in [0.05, 0.1) is 17.4 Å². The Labute approximate surface area is 141 Å². The minimum Gasteiger partial charge on any atom is -0.507 e. The summed E-state index contributed by atoms with van der Waals surface area (Å²) in [4.78, 5) is 26.3. The maximum atomic E-state index is 12.2. The van der Waals surface area contributed by atoms with Crippen molar-refractivity contribution < 1.29 is 14.3 Å². The van der Waals surface area contributed by atoms with E-state index < -0.39 is 5.63 Å². The van der Waals surface area contributed by atoms with Crippen LogP contribution in [-0.4, -0.2) is 43.1 Å². The number of nitrogens with zero attached hydrogens (tertiary/aromatic N) is 1. The van der Waals surface area contributed by atoms with Crippen LogP contribution in [0.25, 0.3) is 11.0 Å². The van der Waals surface area contributed by atoms with Crippen LogP contribution in [0, 0.1) is 13.8 Å². The van der Waals surface area contributed by atoms with E-state index in [1.807, 2.05) is 25.9 Å². The molecule has 24 heavy (non-hydrogen) atoms. The zero-order valence-electron chi connectivity index (χ0n) is 14.6. The van der Waals surface area contributed by atoms with Crippen molar-refractivity contribution in [2.45, 2.75) is 26.7 Å². The Hall–Kier alpha value is -2.34. The number of phenolic OH excluding ortho intramolecular Hbond substituents is 1. The van der Waals surface area contributed by atoms with Gasteiger partial charge in [-0.2, -0.15) is 0 Å². The predicted molar refractivity (Wildman–Crippen MR) is 93.5 cm³/mol. The molecule has 2 N–H and O–H groups in total. The zero-order chi connectivity index (χ0) is 17.9. The van der Waals surface area contributed by atoms with E-state index in [0.29, 0.717) is 23.1 Å². The first-order valence-electron chi connectivity index (χ1n) is 7.97. The molecule has 6 nitrogen and oxygen atoms in total. The Kier molecular flexibility index (Phi) is 5.62. The van der Waals surface area contributed by atoms with Gasteiger partial charge in [0.1, 0.15) is 11.3 Å². The molecule has 2 rings (SSSR count). The fourth-order valence-corrected chi connectivity index (χ4v) is 2.71. The van der Waals surface area contributed by atoms with Crippen molar-refractivity contribution in [3.05, 3.63) is 39.2 Å². The van der Waals surface area contributed by atoms with E-state index in [1.54, 1.807) is 19.1 Å². The molecule has 130 valence electrons. The van der Waals surface area contributed by atoms with Gasteiger partial charge in [-0.05, 0) is 64.2 Å². The molecule has 0 saturated heterocycles. The number of fused-ring (bicyclic) bond motifs is 1. The molecule has 0 atom stereocenters. The van der Waals surface area contributed by atoms with Gasteiger partial charge in [-0.1, -0.05) is 0 Å². The average Bonchev–Trinajstić information content (AvgIpc) is 2.46. The molecule has 0 saturated carbocycles. The lowest BCUT2D eigenvalue weighted by molar-refractivity contribution is -0.120. The van der Waals surface area contributed by atoms with Crippen molar-refractivity contribution in [2.75, 3.05) is 27.2 Å². The number of carbonyl (C=O) groups excluding carboxylic acids is 1. The summed E-state index contributed by atoms with van der Waals surface area (Å²) in [6.07, 6.45) is 0.781. The van der Waals surface area contributed by atoms with Crippen LogP contribution in [0.15, 0.2) is 21.3 Å². The average molecular weight is 332 g/mol. The van der Waals surface area contributed by atoms with E-state index in [2.05, 4.69) is 5.32 Å². The standard InChI is InChI=1S/C18H24N2O4/c1-11-8-14(21)17-12(2)13(18(23)24-15(17)9-11)10-16(22)19-6-5-7-20(3)4/h8-9,21H,5-7,10H2,1-4H3,(H,19,22). The molecule has 0 aliphatic rings. The van der Waals surface area contributed by atoms with E-state index >= 15 is 0 Å². The van der Waals surface area contributed by atoms with Gasteiger partial charge in [0.2, 0.25) is 5.91 Å². The van der Waals surface area contributed by atoms with Crippen LogP contribution >= 0.6 is 0 Å². The SMILES string of the molecule is Cc1cc(O)c2c(C)c(CC(=O)NCCCN(C)C)c(=O)oc2c1. The summed E-state index contributed by atoms with van der Waals surface area (Å²) in [5.74, 6) is -0.172. The lowest BCUT2D eigenvalue weighted by atomic mass is 10.0. The number of benzene rings is 1. The molecule has 0 aliphatic carbocycles. The number of hydrogen-bond acceptors (Lipinski definition) is 5. The smallest absolute Gasteiger partial charge is 0.340 e. The maximum Gasteiger partial charge on any atom is 0.340 e. The highest BCUT2D eigenvalue weighted by molar-refractivity contribution is 5.89. The predicted octanol–water partition coefficient (Wildman–Crippen LogP) is 1.73. The van der Waals surface area contributed by atoms with E-state index in [0.717, 1.165) is 18.5 Å². The van der Waals surface area contributed by atoms with Crippen LogP contribution in [0.1, 0.15) is 23.1 Å². The Morgan fingerprint density at radius 3 is 2.67 bits per heavy atom. The van der Waals surface area contributed by atoms with Gasteiger partial charge >= 0.3 is 5.63 Å². The number of hydrogen-bond donors (Lipinski definition) is 2. The largest absolute Gasteiger partial charge is 0.507 e. The second kappa shape index (κ2) is 7.49. The minimum absolute atomic E-state index is 0.0545. The number of aryl methyl sites for hydroxylation is 2. The third-order valence-electron chi connectivity index (χ3n) is 3.94. The maximum absolute atomic E-state index is 12.2. The molecule has 1 aromatic heterocycles. The van der Waals surface area contributed by atoms with Gasteiger partial charge in [-0.25, -0.2) is 4.79 Å². The topological polar surface area (TPSA) is 82.8 Å². The third-order valence-corrected chi connectivity index (χ3v) is 3.94. The fraction of sp³-hybridized carbons (Fsp3) is 0.444. The summed E-state index contributed by atoms with van der Waals surface area (Å²) in [7, 11) is 3.94. The van der Waals surface area contributed by atoms with Crippen molar-refractivity contribution in [1.82, 2.24) is 10.2 Å². The summed E-state index contributed by atoms with van der Waals surface area (Å²) >= 11 is 0. The Balaban J connectivity index is 2.20. The molecule has 0 fully saturated rings. The van der Waals surface area contributed by atoms with Crippen LogP contribution in [0.3, 0.4) is 0 Å². The minimum atomic E-state index is -0.534. The highest BCUT2D eigenvalue weighted by Crippen LogP contribution is 2.29. The number of nitrogens with one attached hydrogen (secondary N) is 1. The lowest BCUT2D eigenvalue weighted by Gasteiger charge is -2.11. The first kappa shape index (κ1) is 18.0. The Morgan fingerprint density at radius 2 is 2.00 bits per heavy atom. The highest BCUT2D eigenvalue weighted by atomic mass is 16.4. The first-order valence-corrected chi connectivity index (χ1v) is 7.97. The molecule has 1 amide bonds. The molecule has 1 aromatic carbocycles. The van der Waals surface area contributed by atoms with Crippen molar-refractivity contribution in [3.63, 3.8) is 0 Å². The van der Waals surface area contributed by atoms with Gasteiger partial charge in [0.15, 0.2) is 0 Å². The summed E-state index contributed by atoms with van der Waals surface area (Å²) in [5.41, 5.74) is 1.47. The summed E-state index contributed by atoms with van der Waals surface area (Å²) in [6, 6.07) is 3.31. The second-order valence-corrected chi connectivity index (χ2v) is 6.33. The summed E-state index contributed by atoms with van der Waals surface area (Å²) in [5, 5.41) is 13.4. The molecule has 2 aromatic rings. The van der Waals surface area contributed by atoms with Crippen molar-refractivity contribution >= 4 is 16.9 Å². The van der Waals surface area contributed by atoms with Crippen LogP contribution in [0.5, 0.6) is 5.75 Å².